The van der Waals surface area contributed by atoms with Crippen molar-refractivity contribution in [2.45, 2.75) is 44.8 Å². The molecule has 1 aromatic rings. The van der Waals surface area contributed by atoms with Crippen LogP contribution in [-0.2, 0) is 4.74 Å². The summed E-state index contributed by atoms with van der Waals surface area (Å²) in [5.74, 6) is -0.0751. The van der Waals surface area contributed by atoms with Gasteiger partial charge in [0.25, 0.3) is 0 Å². The number of carbonyl (C=O) groups is 1. The first-order valence-corrected chi connectivity index (χ1v) is 9.16. The summed E-state index contributed by atoms with van der Waals surface area (Å²) in [7, 11) is 0. The molecule has 2 saturated heterocycles. The Balaban J connectivity index is 1.46. The summed E-state index contributed by atoms with van der Waals surface area (Å²) >= 11 is 1.55. The molecule has 2 aliphatic rings. The second-order valence-electron chi connectivity index (χ2n) is 7.84. The molecule has 3 heterocycles. The van der Waals surface area contributed by atoms with Gasteiger partial charge in [-0.3, -0.25) is 0 Å². The zero-order chi connectivity index (χ0) is 19.1. The highest BCUT2D eigenvalue weighted by atomic mass is 32.2. The van der Waals surface area contributed by atoms with Gasteiger partial charge < -0.3 is 14.4 Å². The van der Waals surface area contributed by atoms with Crippen molar-refractivity contribution in [3.05, 3.63) is 17.8 Å². The van der Waals surface area contributed by atoms with Gasteiger partial charge >= 0.3 is 12.7 Å². The largest absolute Gasteiger partial charge is 0.444 e. The number of ether oxygens (including phenoxy) is 2. The topological polar surface area (TPSA) is 54.9 Å². The number of rotatable bonds is 4. The van der Waals surface area contributed by atoms with Crippen molar-refractivity contribution in [2.75, 3.05) is 26.2 Å². The van der Waals surface area contributed by atoms with E-state index in [0.717, 1.165) is 18.0 Å². The van der Waals surface area contributed by atoms with Crippen LogP contribution in [-0.4, -0.2) is 58.7 Å². The molecular weight excluding hydrogens is 364 g/mol. The van der Waals surface area contributed by atoms with Crippen LogP contribution >= 0.6 is 11.9 Å². The number of hydrogen-bond donors (Lipinski definition) is 0. The third-order valence-electron chi connectivity index (χ3n) is 4.18. The normalized spacial score (nSPS) is 19.3. The number of hydrogen-bond acceptors (Lipinski definition) is 6. The van der Waals surface area contributed by atoms with Crippen LogP contribution in [0.25, 0.3) is 0 Å². The van der Waals surface area contributed by atoms with Crippen LogP contribution in [0.1, 0.15) is 26.5 Å². The minimum atomic E-state index is -2.87. The lowest BCUT2D eigenvalue weighted by molar-refractivity contribution is -0.0812. The zero-order valence-corrected chi connectivity index (χ0v) is 16.1. The quantitative estimate of drug-likeness (QED) is 0.737. The summed E-state index contributed by atoms with van der Waals surface area (Å²) in [6.07, 6.45) is -0.260. The van der Waals surface area contributed by atoms with E-state index >= 15 is 0 Å². The molecule has 1 spiro atoms. The standard InChI is InChI=1S/C17H23F2N3O3S/c1-11-12(5-6-13(20-11)24-14(18)19)26-22-9-17(10-22)7-21(8-17)15(23)25-16(2,3)4/h5-6,14H,7-10H2,1-4H3. The van der Waals surface area contributed by atoms with Gasteiger partial charge in [0.1, 0.15) is 5.60 Å². The van der Waals surface area contributed by atoms with E-state index in [1.165, 1.54) is 6.07 Å². The Morgan fingerprint density at radius 3 is 2.46 bits per heavy atom. The van der Waals surface area contributed by atoms with E-state index in [9.17, 15) is 13.6 Å². The third-order valence-corrected chi connectivity index (χ3v) is 5.32. The fraction of sp³-hybridized carbons (Fsp3) is 0.647. The first-order chi connectivity index (χ1) is 12.1. The molecule has 0 aromatic carbocycles. The van der Waals surface area contributed by atoms with E-state index < -0.39 is 12.2 Å². The molecule has 0 N–H and O–H groups in total. The Morgan fingerprint density at radius 1 is 1.27 bits per heavy atom. The summed E-state index contributed by atoms with van der Waals surface area (Å²) in [5.41, 5.74) is 0.314. The summed E-state index contributed by atoms with van der Waals surface area (Å²) in [4.78, 5) is 18.7. The number of likely N-dealkylation sites (tertiary alicyclic amines) is 1. The Kier molecular flexibility index (Phi) is 5.04. The molecule has 6 nitrogen and oxygen atoms in total. The van der Waals surface area contributed by atoms with Crippen molar-refractivity contribution in [3.8, 4) is 5.88 Å². The average Bonchev–Trinajstić information content (AvgIpc) is 2.39. The van der Waals surface area contributed by atoms with Gasteiger partial charge in [0, 0.05) is 42.6 Å². The van der Waals surface area contributed by atoms with Gasteiger partial charge in [-0.05, 0) is 45.7 Å². The molecule has 0 saturated carbocycles. The minimum Gasteiger partial charge on any atom is -0.444 e. The van der Waals surface area contributed by atoms with Crippen molar-refractivity contribution < 1.29 is 23.0 Å². The number of pyridine rings is 1. The highest BCUT2D eigenvalue weighted by molar-refractivity contribution is 7.97. The lowest BCUT2D eigenvalue weighted by Gasteiger charge is -2.59. The summed E-state index contributed by atoms with van der Waals surface area (Å²) in [6, 6.07) is 3.19. The predicted molar refractivity (Wildman–Crippen MR) is 93.3 cm³/mol. The van der Waals surface area contributed by atoms with Gasteiger partial charge in [0.15, 0.2) is 0 Å². The average molecular weight is 387 g/mol. The Labute approximate surface area is 156 Å². The Bertz CT molecular complexity index is 682. The number of carbonyl (C=O) groups excluding carboxylic acids is 1. The molecule has 2 aliphatic heterocycles. The first kappa shape index (κ1) is 19.2. The Hall–Kier alpha value is -1.61. The molecule has 2 fully saturated rings. The van der Waals surface area contributed by atoms with Crippen molar-refractivity contribution >= 4 is 18.0 Å². The maximum atomic E-state index is 12.2. The van der Waals surface area contributed by atoms with E-state index in [-0.39, 0.29) is 17.4 Å². The second kappa shape index (κ2) is 6.84. The number of aromatic nitrogens is 1. The van der Waals surface area contributed by atoms with Crippen LogP contribution in [0.4, 0.5) is 13.6 Å². The molecule has 0 unspecified atom stereocenters. The van der Waals surface area contributed by atoms with Gasteiger partial charge in [-0.25, -0.2) is 14.1 Å². The lowest BCUT2D eigenvalue weighted by atomic mass is 9.75. The predicted octanol–water partition coefficient (Wildman–Crippen LogP) is 3.55. The highest BCUT2D eigenvalue weighted by Gasteiger charge is 2.54. The van der Waals surface area contributed by atoms with Crippen LogP contribution in [0.3, 0.4) is 0 Å². The monoisotopic (exact) mass is 387 g/mol. The summed E-state index contributed by atoms with van der Waals surface area (Å²) in [5, 5.41) is 0. The molecule has 9 heteroatoms. The molecule has 0 bridgehead atoms. The highest BCUT2D eigenvalue weighted by Crippen LogP contribution is 2.45. The molecule has 3 rings (SSSR count). The van der Waals surface area contributed by atoms with Crippen LogP contribution in [0.5, 0.6) is 5.88 Å². The van der Waals surface area contributed by atoms with E-state index in [1.54, 1.807) is 29.8 Å². The molecule has 1 amide bonds. The number of nitrogens with zero attached hydrogens (tertiary/aromatic N) is 3. The van der Waals surface area contributed by atoms with E-state index in [0.29, 0.717) is 18.8 Å². The fourth-order valence-electron chi connectivity index (χ4n) is 3.10. The lowest BCUT2D eigenvalue weighted by Crippen LogP contribution is -2.71. The number of aryl methyl sites for hydroxylation is 1. The number of halogens is 2. The van der Waals surface area contributed by atoms with Crippen LogP contribution in [0.15, 0.2) is 17.0 Å². The molecule has 0 aliphatic carbocycles. The summed E-state index contributed by atoms with van der Waals surface area (Å²) in [6.45, 7) is 7.61. The first-order valence-electron chi connectivity index (χ1n) is 8.39. The summed E-state index contributed by atoms with van der Waals surface area (Å²) < 4.78 is 36.3. The van der Waals surface area contributed by atoms with Crippen molar-refractivity contribution in [1.82, 2.24) is 14.2 Å². The molecule has 1 aromatic heterocycles. The molecule has 0 radical (unpaired) electrons. The fourth-order valence-corrected chi connectivity index (χ4v) is 4.36. The van der Waals surface area contributed by atoms with Gasteiger partial charge in [0.05, 0.1) is 5.69 Å². The number of amides is 1. The van der Waals surface area contributed by atoms with Crippen LogP contribution < -0.4 is 4.74 Å². The second-order valence-corrected chi connectivity index (χ2v) is 8.98. The smallest absolute Gasteiger partial charge is 0.410 e. The molecular formula is C17H23F2N3O3S. The molecule has 0 atom stereocenters. The zero-order valence-electron chi connectivity index (χ0n) is 15.3. The SMILES string of the molecule is Cc1nc(OC(F)F)ccc1SN1CC2(C1)CN(C(=O)OC(C)(C)C)C2. The van der Waals surface area contributed by atoms with E-state index in [2.05, 4.69) is 14.0 Å². The third kappa shape index (κ3) is 4.37. The van der Waals surface area contributed by atoms with Crippen molar-refractivity contribution in [1.29, 1.82) is 0 Å². The Morgan fingerprint density at radius 2 is 1.92 bits per heavy atom. The van der Waals surface area contributed by atoms with Gasteiger partial charge in [0.2, 0.25) is 5.88 Å². The van der Waals surface area contributed by atoms with Gasteiger partial charge in [-0.2, -0.15) is 8.78 Å². The maximum Gasteiger partial charge on any atom is 0.410 e. The van der Waals surface area contributed by atoms with Crippen LogP contribution in [0, 0.1) is 12.3 Å². The molecule has 144 valence electrons. The number of alkyl halides is 2. The van der Waals surface area contributed by atoms with Gasteiger partial charge in [-0.15, -0.1) is 0 Å². The van der Waals surface area contributed by atoms with E-state index in [1.807, 2.05) is 20.8 Å². The molecule has 26 heavy (non-hydrogen) atoms. The van der Waals surface area contributed by atoms with Crippen molar-refractivity contribution in [2.24, 2.45) is 5.41 Å². The van der Waals surface area contributed by atoms with Crippen molar-refractivity contribution in [3.63, 3.8) is 0 Å². The maximum absolute atomic E-state index is 12.2. The van der Waals surface area contributed by atoms with E-state index in [4.69, 9.17) is 4.74 Å². The minimum absolute atomic E-state index is 0.0751. The van der Waals surface area contributed by atoms with Crippen LogP contribution in [0.2, 0.25) is 0 Å². The van der Waals surface area contributed by atoms with Gasteiger partial charge in [-0.1, -0.05) is 0 Å².